The Hall–Kier alpha value is -0.860. The van der Waals surface area contributed by atoms with Crippen LogP contribution in [0.1, 0.15) is 32.3 Å². The standard InChI is InChI=1S/C15H24N2/c1-13-8-10-17(11-9-14(2)16-13)12-15-6-4-3-5-7-15/h3-7,13-14,16H,8-12H2,1-2H3. The fraction of sp³-hybridized carbons (Fsp3) is 0.600. The molecule has 2 rings (SSSR count). The van der Waals surface area contributed by atoms with E-state index in [4.69, 9.17) is 0 Å². The lowest BCUT2D eigenvalue weighted by molar-refractivity contribution is 0.212. The smallest absolute Gasteiger partial charge is 0.0233 e. The Morgan fingerprint density at radius 2 is 1.65 bits per heavy atom. The molecule has 94 valence electrons. The summed E-state index contributed by atoms with van der Waals surface area (Å²) in [5.74, 6) is 0. The van der Waals surface area contributed by atoms with Gasteiger partial charge in [0.15, 0.2) is 0 Å². The molecule has 1 aliphatic rings. The fourth-order valence-corrected chi connectivity index (χ4v) is 2.52. The molecule has 1 N–H and O–H groups in total. The van der Waals surface area contributed by atoms with Crippen molar-refractivity contribution in [2.75, 3.05) is 13.1 Å². The highest BCUT2D eigenvalue weighted by Gasteiger charge is 2.15. The summed E-state index contributed by atoms with van der Waals surface area (Å²) in [5.41, 5.74) is 1.43. The lowest BCUT2D eigenvalue weighted by atomic mass is 10.1. The minimum absolute atomic E-state index is 0.642. The number of hydrogen-bond donors (Lipinski definition) is 1. The Morgan fingerprint density at radius 3 is 2.24 bits per heavy atom. The molecular weight excluding hydrogens is 208 g/mol. The summed E-state index contributed by atoms with van der Waals surface area (Å²) in [6.45, 7) is 8.09. The van der Waals surface area contributed by atoms with Gasteiger partial charge in [-0.05, 0) is 45.3 Å². The first-order valence-electron chi connectivity index (χ1n) is 6.76. The molecule has 2 heteroatoms. The topological polar surface area (TPSA) is 15.3 Å². The molecule has 0 aromatic heterocycles. The van der Waals surface area contributed by atoms with Crippen molar-refractivity contribution in [3.63, 3.8) is 0 Å². The Balaban J connectivity index is 1.91. The minimum atomic E-state index is 0.642. The third-order valence-electron chi connectivity index (χ3n) is 3.57. The van der Waals surface area contributed by atoms with Crippen molar-refractivity contribution in [3.8, 4) is 0 Å². The van der Waals surface area contributed by atoms with E-state index in [2.05, 4.69) is 54.4 Å². The van der Waals surface area contributed by atoms with Gasteiger partial charge in [-0.1, -0.05) is 30.3 Å². The maximum absolute atomic E-state index is 3.64. The monoisotopic (exact) mass is 232 g/mol. The van der Waals surface area contributed by atoms with Crippen molar-refractivity contribution < 1.29 is 0 Å². The fourth-order valence-electron chi connectivity index (χ4n) is 2.52. The average molecular weight is 232 g/mol. The van der Waals surface area contributed by atoms with Gasteiger partial charge in [0.2, 0.25) is 0 Å². The molecule has 1 saturated heterocycles. The van der Waals surface area contributed by atoms with Gasteiger partial charge in [0.1, 0.15) is 0 Å². The lowest BCUT2D eigenvalue weighted by Gasteiger charge is -2.30. The third kappa shape index (κ3) is 4.14. The van der Waals surface area contributed by atoms with Crippen molar-refractivity contribution in [2.24, 2.45) is 0 Å². The zero-order valence-electron chi connectivity index (χ0n) is 11.0. The van der Waals surface area contributed by atoms with Gasteiger partial charge in [-0.2, -0.15) is 0 Å². The van der Waals surface area contributed by atoms with Crippen LogP contribution in [0.2, 0.25) is 0 Å². The van der Waals surface area contributed by atoms with Gasteiger partial charge in [-0.25, -0.2) is 0 Å². The molecular formula is C15H24N2. The molecule has 0 radical (unpaired) electrons. The quantitative estimate of drug-likeness (QED) is 0.843. The van der Waals surface area contributed by atoms with E-state index >= 15 is 0 Å². The van der Waals surface area contributed by atoms with Crippen molar-refractivity contribution in [3.05, 3.63) is 35.9 Å². The maximum Gasteiger partial charge on any atom is 0.0233 e. The van der Waals surface area contributed by atoms with Crippen molar-refractivity contribution in [2.45, 2.75) is 45.3 Å². The van der Waals surface area contributed by atoms with Crippen LogP contribution in [0, 0.1) is 0 Å². The van der Waals surface area contributed by atoms with Gasteiger partial charge >= 0.3 is 0 Å². The van der Waals surface area contributed by atoms with Gasteiger partial charge in [-0.15, -0.1) is 0 Å². The summed E-state index contributed by atoms with van der Waals surface area (Å²) in [7, 11) is 0. The highest BCUT2D eigenvalue weighted by Crippen LogP contribution is 2.10. The van der Waals surface area contributed by atoms with Gasteiger partial charge in [0.05, 0.1) is 0 Å². The molecule has 0 saturated carbocycles. The number of nitrogens with one attached hydrogen (secondary N) is 1. The van der Waals surface area contributed by atoms with Crippen LogP contribution in [0.5, 0.6) is 0 Å². The van der Waals surface area contributed by atoms with Crippen molar-refractivity contribution >= 4 is 0 Å². The van der Waals surface area contributed by atoms with Crippen LogP contribution in [-0.2, 0) is 6.54 Å². The van der Waals surface area contributed by atoms with Crippen LogP contribution in [-0.4, -0.2) is 30.1 Å². The average Bonchev–Trinajstić information content (AvgIpc) is 2.32. The molecule has 0 bridgehead atoms. The molecule has 0 aliphatic carbocycles. The van der Waals surface area contributed by atoms with Crippen LogP contribution in [0.25, 0.3) is 0 Å². The van der Waals surface area contributed by atoms with Crippen LogP contribution < -0.4 is 5.32 Å². The van der Waals surface area contributed by atoms with E-state index in [0.29, 0.717) is 12.1 Å². The van der Waals surface area contributed by atoms with Gasteiger partial charge in [-0.3, -0.25) is 4.90 Å². The first-order chi connectivity index (χ1) is 8.24. The normalized spacial score (nSPS) is 27.4. The molecule has 1 fully saturated rings. The first kappa shape index (κ1) is 12.6. The van der Waals surface area contributed by atoms with Crippen molar-refractivity contribution in [1.82, 2.24) is 10.2 Å². The summed E-state index contributed by atoms with van der Waals surface area (Å²) in [4.78, 5) is 2.59. The zero-order valence-corrected chi connectivity index (χ0v) is 11.0. The SMILES string of the molecule is CC1CCN(Cc2ccccc2)CCC(C)N1. The summed E-state index contributed by atoms with van der Waals surface area (Å²) >= 11 is 0. The highest BCUT2D eigenvalue weighted by atomic mass is 15.1. The second-order valence-electron chi connectivity index (χ2n) is 5.31. The van der Waals surface area contributed by atoms with Gasteiger partial charge in [0.25, 0.3) is 0 Å². The molecule has 0 amide bonds. The summed E-state index contributed by atoms with van der Waals surface area (Å²) in [6, 6.07) is 12.1. The second-order valence-corrected chi connectivity index (χ2v) is 5.31. The molecule has 2 nitrogen and oxygen atoms in total. The lowest BCUT2D eigenvalue weighted by Crippen LogP contribution is -2.42. The van der Waals surface area contributed by atoms with E-state index in [0.717, 1.165) is 6.54 Å². The van der Waals surface area contributed by atoms with E-state index in [-0.39, 0.29) is 0 Å². The second kappa shape index (κ2) is 6.18. The third-order valence-corrected chi connectivity index (χ3v) is 3.57. The molecule has 17 heavy (non-hydrogen) atoms. The minimum Gasteiger partial charge on any atom is -0.312 e. The molecule has 1 aromatic rings. The summed E-state index contributed by atoms with van der Waals surface area (Å²) in [5, 5.41) is 3.64. The highest BCUT2D eigenvalue weighted by molar-refractivity contribution is 5.14. The number of hydrogen-bond acceptors (Lipinski definition) is 2. The van der Waals surface area contributed by atoms with Crippen LogP contribution >= 0.6 is 0 Å². The number of rotatable bonds is 2. The Labute approximate surface area is 105 Å². The first-order valence-corrected chi connectivity index (χ1v) is 6.76. The zero-order chi connectivity index (χ0) is 12.1. The van der Waals surface area contributed by atoms with E-state index in [1.54, 1.807) is 0 Å². The summed E-state index contributed by atoms with van der Waals surface area (Å²) in [6.07, 6.45) is 2.49. The molecule has 2 unspecified atom stereocenters. The molecule has 1 heterocycles. The van der Waals surface area contributed by atoms with Crippen LogP contribution in [0.4, 0.5) is 0 Å². The molecule has 0 spiro atoms. The van der Waals surface area contributed by atoms with E-state index < -0.39 is 0 Å². The number of benzene rings is 1. The Bertz CT molecular complexity index is 311. The maximum atomic E-state index is 3.64. The molecule has 1 aliphatic heterocycles. The summed E-state index contributed by atoms with van der Waals surface area (Å²) < 4.78 is 0. The van der Waals surface area contributed by atoms with Gasteiger partial charge < -0.3 is 5.32 Å². The molecule has 2 atom stereocenters. The van der Waals surface area contributed by atoms with E-state index in [1.807, 2.05) is 0 Å². The van der Waals surface area contributed by atoms with E-state index in [9.17, 15) is 0 Å². The van der Waals surface area contributed by atoms with Crippen LogP contribution in [0.3, 0.4) is 0 Å². The molecule has 1 aromatic carbocycles. The largest absolute Gasteiger partial charge is 0.312 e. The van der Waals surface area contributed by atoms with Crippen LogP contribution in [0.15, 0.2) is 30.3 Å². The van der Waals surface area contributed by atoms with Gasteiger partial charge in [0, 0.05) is 18.6 Å². The Morgan fingerprint density at radius 1 is 1.06 bits per heavy atom. The predicted molar refractivity (Wildman–Crippen MR) is 73.0 cm³/mol. The van der Waals surface area contributed by atoms with Crippen molar-refractivity contribution in [1.29, 1.82) is 0 Å². The Kier molecular flexibility index (Phi) is 4.57. The van der Waals surface area contributed by atoms with E-state index in [1.165, 1.54) is 31.5 Å². The number of nitrogens with zero attached hydrogens (tertiary/aromatic N) is 1. The predicted octanol–water partition coefficient (Wildman–Crippen LogP) is 2.65.